The van der Waals surface area contributed by atoms with Gasteiger partial charge in [0.05, 0.1) is 5.52 Å². The zero-order valence-corrected chi connectivity index (χ0v) is 17.2. The van der Waals surface area contributed by atoms with Crippen molar-refractivity contribution in [2.75, 3.05) is 0 Å². The summed E-state index contributed by atoms with van der Waals surface area (Å²) in [4.78, 5) is 0. The lowest BCUT2D eigenvalue weighted by atomic mass is 9.98. The van der Waals surface area contributed by atoms with Gasteiger partial charge < -0.3 is 4.57 Å². The van der Waals surface area contributed by atoms with Gasteiger partial charge in [0.25, 0.3) is 0 Å². The van der Waals surface area contributed by atoms with Crippen molar-refractivity contribution in [2.24, 2.45) is 5.92 Å². The van der Waals surface area contributed by atoms with Crippen molar-refractivity contribution in [1.29, 1.82) is 0 Å². The SMILES string of the molecule is CCCCC(CC)Cn1c2cc(C)ccc2c2c3ccccc3c(C)cc21. The van der Waals surface area contributed by atoms with Crippen LogP contribution in [0.1, 0.15) is 50.7 Å². The number of hydrogen-bond donors (Lipinski definition) is 0. The molecule has 0 saturated heterocycles. The third kappa shape index (κ3) is 3.14. The molecule has 3 aromatic carbocycles. The summed E-state index contributed by atoms with van der Waals surface area (Å²) in [6, 6.07) is 18.3. The van der Waals surface area contributed by atoms with Crippen LogP contribution >= 0.6 is 0 Å². The molecule has 0 spiro atoms. The topological polar surface area (TPSA) is 4.93 Å². The quantitative estimate of drug-likeness (QED) is 0.332. The largest absolute Gasteiger partial charge is 0.340 e. The summed E-state index contributed by atoms with van der Waals surface area (Å²) in [7, 11) is 0. The van der Waals surface area contributed by atoms with Crippen LogP contribution in [-0.2, 0) is 6.54 Å². The Balaban J connectivity index is 2.02. The fraction of sp³-hybridized carbons (Fsp3) is 0.385. The number of unbranched alkanes of at least 4 members (excludes halogenated alkanes) is 1. The first-order valence-electron chi connectivity index (χ1n) is 10.5. The molecule has 0 fully saturated rings. The molecule has 140 valence electrons. The van der Waals surface area contributed by atoms with Crippen LogP contribution in [0.3, 0.4) is 0 Å². The van der Waals surface area contributed by atoms with Gasteiger partial charge in [0, 0.05) is 22.8 Å². The Morgan fingerprint density at radius 3 is 2.37 bits per heavy atom. The Hall–Kier alpha value is -2.28. The molecule has 0 saturated carbocycles. The van der Waals surface area contributed by atoms with Gasteiger partial charge in [-0.05, 0) is 60.2 Å². The van der Waals surface area contributed by atoms with Crippen molar-refractivity contribution >= 4 is 32.6 Å². The van der Waals surface area contributed by atoms with E-state index in [9.17, 15) is 0 Å². The predicted molar refractivity (Wildman–Crippen MR) is 120 cm³/mol. The minimum atomic E-state index is 0.746. The Bertz CT molecular complexity index is 1100. The van der Waals surface area contributed by atoms with Gasteiger partial charge in [0.2, 0.25) is 0 Å². The molecule has 1 unspecified atom stereocenters. The van der Waals surface area contributed by atoms with E-state index in [1.54, 1.807) is 0 Å². The van der Waals surface area contributed by atoms with Crippen molar-refractivity contribution < 1.29 is 0 Å². The fourth-order valence-corrected chi connectivity index (χ4v) is 4.61. The summed E-state index contributed by atoms with van der Waals surface area (Å²) in [5.74, 6) is 0.746. The average Bonchev–Trinajstić information content (AvgIpc) is 2.98. The van der Waals surface area contributed by atoms with Gasteiger partial charge in [-0.2, -0.15) is 0 Å². The third-order valence-electron chi connectivity index (χ3n) is 6.22. The van der Waals surface area contributed by atoms with Crippen LogP contribution in [-0.4, -0.2) is 4.57 Å². The molecule has 0 aliphatic carbocycles. The molecule has 4 rings (SSSR count). The number of nitrogens with zero attached hydrogens (tertiary/aromatic N) is 1. The van der Waals surface area contributed by atoms with Gasteiger partial charge in [-0.25, -0.2) is 0 Å². The number of fused-ring (bicyclic) bond motifs is 5. The second-order valence-corrected chi connectivity index (χ2v) is 8.18. The minimum absolute atomic E-state index is 0.746. The first-order valence-corrected chi connectivity index (χ1v) is 10.5. The highest BCUT2D eigenvalue weighted by atomic mass is 15.0. The van der Waals surface area contributed by atoms with E-state index in [1.165, 1.54) is 69.4 Å². The van der Waals surface area contributed by atoms with E-state index >= 15 is 0 Å². The van der Waals surface area contributed by atoms with E-state index in [4.69, 9.17) is 0 Å². The lowest BCUT2D eigenvalue weighted by molar-refractivity contribution is 0.401. The van der Waals surface area contributed by atoms with E-state index in [-0.39, 0.29) is 0 Å². The summed E-state index contributed by atoms with van der Waals surface area (Å²) in [6.07, 6.45) is 5.19. The van der Waals surface area contributed by atoms with Gasteiger partial charge in [0.1, 0.15) is 0 Å². The lowest BCUT2D eigenvalue weighted by Crippen LogP contribution is -2.10. The number of rotatable bonds is 6. The highest BCUT2D eigenvalue weighted by Gasteiger charge is 2.17. The molecule has 1 heteroatoms. The average molecular weight is 358 g/mol. The second-order valence-electron chi connectivity index (χ2n) is 8.18. The first kappa shape index (κ1) is 18.1. The second kappa shape index (κ2) is 7.38. The van der Waals surface area contributed by atoms with Gasteiger partial charge >= 0.3 is 0 Å². The van der Waals surface area contributed by atoms with Crippen LogP contribution in [0, 0.1) is 19.8 Å². The van der Waals surface area contributed by atoms with Crippen molar-refractivity contribution in [1.82, 2.24) is 4.57 Å². The maximum atomic E-state index is 2.61. The highest BCUT2D eigenvalue weighted by Crippen LogP contribution is 2.37. The summed E-state index contributed by atoms with van der Waals surface area (Å²) >= 11 is 0. The summed E-state index contributed by atoms with van der Waals surface area (Å²) < 4.78 is 2.61. The Kier molecular flexibility index (Phi) is 4.95. The predicted octanol–water partition coefficient (Wildman–Crippen LogP) is 7.78. The maximum Gasteiger partial charge on any atom is 0.0500 e. The molecule has 0 bridgehead atoms. The van der Waals surface area contributed by atoms with Crippen LogP contribution in [0.4, 0.5) is 0 Å². The Labute approximate surface area is 163 Å². The standard InChI is InChI=1S/C26H31N/c1-5-7-10-20(6-2)17-27-24-15-18(3)13-14-23(24)26-22-12-9-8-11-21(22)19(4)16-25(26)27/h8-9,11-16,20H,5-7,10,17H2,1-4H3. The molecule has 1 nitrogen and oxygen atoms in total. The van der Waals surface area contributed by atoms with Gasteiger partial charge in [-0.3, -0.25) is 0 Å². The van der Waals surface area contributed by atoms with E-state index in [1.807, 2.05) is 0 Å². The lowest BCUT2D eigenvalue weighted by Gasteiger charge is -2.18. The highest BCUT2D eigenvalue weighted by molar-refractivity contribution is 6.21. The number of hydrogen-bond acceptors (Lipinski definition) is 0. The van der Waals surface area contributed by atoms with Gasteiger partial charge in [0.15, 0.2) is 0 Å². The molecule has 4 aromatic rings. The number of aryl methyl sites for hydroxylation is 2. The minimum Gasteiger partial charge on any atom is -0.340 e. The molecule has 0 amide bonds. The molecular weight excluding hydrogens is 326 g/mol. The number of benzene rings is 3. The Morgan fingerprint density at radius 2 is 1.63 bits per heavy atom. The zero-order chi connectivity index (χ0) is 19.0. The smallest absolute Gasteiger partial charge is 0.0500 e. The van der Waals surface area contributed by atoms with Crippen LogP contribution < -0.4 is 0 Å². The van der Waals surface area contributed by atoms with Gasteiger partial charge in [-0.1, -0.05) is 69.5 Å². The van der Waals surface area contributed by atoms with E-state index < -0.39 is 0 Å². The van der Waals surface area contributed by atoms with Crippen molar-refractivity contribution in [3.63, 3.8) is 0 Å². The van der Waals surface area contributed by atoms with E-state index in [2.05, 4.69) is 80.8 Å². The fourth-order valence-electron chi connectivity index (χ4n) is 4.61. The van der Waals surface area contributed by atoms with E-state index in [0.717, 1.165) is 12.5 Å². The molecule has 27 heavy (non-hydrogen) atoms. The summed E-state index contributed by atoms with van der Waals surface area (Å²) in [6.45, 7) is 10.2. The van der Waals surface area contributed by atoms with Crippen LogP contribution in [0.2, 0.25) is 0 Å². The number of aromatic nitrogens is 1. The molecule has 1 heterocycles. The zero-order valence-electron chi connectivity index (χ0n) is 17.2. The molecule has 0 aliphatic heterocycles. The first-order chi connectivity index (χ1) is 13.1. The van der Waals surface area contributed by atoms with Gasteiger partial charge in [-0.15, -0.1) is 0 Å². The van der Waals surface area contributed by atoms with Crippen LogP contribution in [0.15, 0.2) is 48.5 Å². The summed E-state index contributed by atoms with van der Waals surface area (Å²) in [5.41, 5.74) is 5.52. The van der Waals surface area contributed by atoms with Crippen molar-refractivity contribution in [3.05, 3.63) is 59.7 Å². The van der Waals surface area contributed by atoms with Crippen LogP contribution in [0.5, 0.6) is 0 Å². The molecular formula is C26H31N. The van der Waals surface area contributed by atoms with Crippen LogP contribution in [0.25, 0.3) is 32.6 Å². The van der Waals surface area contributed by atoms with E-state index in [0.29, 0.717) is 0 Å². The summed E-state index contributed by atoms with van der Waals surface area (Å²) in [5, 5.41) is 5.60. The maximum absolute atomic E-state index is 2.61. The van der Waals surface area contributed by atoms with Crippen molar-refractivity contribution in [2.45, 2.75) is 59.9 Å². The normalized spacial score (nSPS) is 13.0. The molecule has 0 radical (unpaired) electrons. The monoisotopic (exact) mass is 357 g/mol. The molecule has 0 N–H and O–H groups in total. The Morgan fingerprint density at radius 1 is 0.852 bits per heavy atom. The van der Waals surface area contributed by atoms with Crippen molar-refractivity contribution in [3.8, 4) is 0 Å². The third-order valence-corrected chi connectivity index (χ3v) is 6.22. The molecule has 1 aromatic heterocycles. The molecule has 1 atom stereocenters. The molecule has 0 aliphatic rings.